The summed E-state index contributed by atoms with van der Waals surface area (Å²) in [5.74, 6) is 0. The van der Waals surface area contributed by atoms with Crippen LogP contribution >= 0.6 is 0 Å². The highest BCUT2D eigenvalue weighted by Crippen LogP contribution is 2.45. The maximum Gasteiger partial charge on any atom is 0.0447 e. The highest BCUT2D eigenvalue weighted by atomic mass is 15.1. The molecule has 0 fully saturated rings. The van der Waals surface area contributed by atoms with Crippen LogP contribution in [0.1, 0.15) is 19.4 Å². The van der Waals surface area contributed by atoms with E-state index in [-0.39, 0.29) is 5.41 Å². The van der Waals surface area contributed by atoms with Gasteiger partial charge in [-0.1, -0.05) is 32.0 Å². The van der Waals surface area contributed by atoms with Crippen LogP contribution in [0.2, 0.25) is 0 Å². The predicted molar refractivity (Wildman–Crippen MR) is 55.7 cm³/mol. The van der Waals surface area contributed by atoms with E-state index in [0.717, 1.165) is 5.70 Å². The number of rotatable bonds is 0. The molecule has 0 unspecified atom stereocenters. The summed E-state index contributed by atoms with van der Waals surface area (Å²) in [6.45, 7) is 10.4. The first-order valence-corrected chi connectivity index (χ1v) is 4.51. The van der Waals surface area contributed by atoms with Gasteiger partial charge in [-0.15, -0.1) is 0 Å². The highest BCUT2D eigenvalue weighted by molar-refractivity contribution is 5.68. The highest BCUT2D eigenvalue weighted by Gasteiger charge is 2.36. The minimum absolute atomic E-state index is 0.0225. The van der Waals surface area contributed by atoms with Crippen molar-refractivity contribution in [1.82, 2.24) is 0 Å². The third-order valence-corrected chi connectivity index (χ3v) is 2.94. The van der Waals surface area contributed by atoms with Gasteiger partial charge in [-0.2, -0.15) is 0 Å². The van der Waals surface area contributed by atoms with Gasteiger partial charge in [0.1, 0.15) is 0 Å². The molecule has 1 nitrogen and oxygen atoms in total. The minimum atomic E-state index is -0.0225. The summed E-state index contributed by atoms with van der Waals surface area (Å²) >= 11 is 0. The van der Waals surface area contributed by atoms with Crippen molar-refractivity contribution >= 4 is 5.69 Å². The van der Waals surface area contributed by atoms with Gasteiger partial charge in [-0.3, -0.25) is 0 Å². The number of hydrogen-bond donors (Lipinski definition) is 0. The lowest BCUT2D eigenvalue weighted by atomic mass is 9.85. The Morgan fingerprint density at radius 1 is 1.23 bits per heavy atom. The van der Waals surface area contributed by atoms with Crippen molar-refractivity contribution in [1.29, 1.82) is 0 Å². The van der Waals surface area contributed by atoms with Gasteiger partial charge in [-0.25, -0.2) is 0 Å². The topological polar surface area (TPSA) is 3.24 Å². The van der Waals surface area contributed by atoms with E-state index >= 15 is 0 Å². The summed E-state index contributed by atoms with van der Waals surface area (Å²) in [6.07, 6.45) is 0. The Balaban J connectivity index is 2.68. The second-order valence-corrected chi connectivity index (χ2v) is 4.09. The van der Waals surface area contributed by atoms with Gasteiger partial charge in [0.2, 0.25) is 0 Å². The number of nitrogens with zero attached hydrogens (tertiary/aromatic N) is 1. The Kier molecular flexibility index (Phi) is 1.53. The van der Waals surface area contributed by atoms with E-state index in [1.54, 1.807) is 0 Å². The van der Waals surface area contributed by atoms with Gasteiger partial charge in [0.05, 0.1) is 0 Å². The first-order chi connectivity index (χ1) is 6.05. The van der Waals surface area contributed by atoms with Crippen molar-refractivity contribution in [2.45, 2.75) is 19.3 Å². The predicted octanol–water partition coefficient (Wildman–Crippen LogP) is 2.73. The third-order valence-electron chi connectivity index (χ3n) is 2.94. The van der Waals surface area contributed by atoms with Crippen LogP contribution in [0, 0.1) is 6.58 Å². The minimum Gasteiger partial charge on any atom is -0.347 e. The second-order valence-electron chi connectivity index (χ2n) is 4.09. The second kappa shape index (κ2) is 2.38. The molecule has 1 radical (unpaired) electrons. The molecule has 1 aromatic rings. The average Bonchev–Trinajstić information content (AvgIpc) is 2.30. The largest absolute Gasteiger partial charge is 0.347 e. The molecule has 0 aliphatic carbocycles. The quantitative estimate of drug-likeness (QED) is 0.581. The molecule has 0 N–H and O–H groups in total. The first-order valence-electron chi connectivity index (χ1n) is 4.51. The fourth-order valence-corrected chi connectivity index (χ4v) is 1.98. The molecule has 0 aromatic heterocycles. The molecule has 0 bridgehead atoms. The lowest BCUT2D eigenvalue weighted by molar-refractivity contribution is 0.641. The van der Waals surface area contributed by atoms with E-state index in [0.29, 0.717) is 0 Å². The van der Waals surface area contributed by atoms with Crippen LogP contribution in [0.4, 0.5) is 5.69 Å². The summed E-state index contributed by atoms with van der Waals surface area (Å²) in [5, 5.41) is 0. The molecule has 1 aromatic carbocycles. The number of benzene rings is 1. The zero-order chi connectivity index (χ0) is 9.64. The lowest BCUT2D eigenvalue weighted by Gasteiger charge is -2.21. The molecule has 1 heterocycles. The monoisotopic (exact) mass is 172 g/mol. The van der Waals surface area contributed by atoms with E-state index in [4.69, 9.17) is 6.58 Å². The number of allylic oxidation sites excluding steroid dienone is 1. The summed E-state index contributed by atoms with van der Waals surface area (Å²) < 4.78 is 0. The fraction of sp³-hybridized carbons (Fsp3) is 0.333. The number of para-hydroxylation sites is 1. The third kappa shape index (κ3) is 0.932. The van der Waals surface area contributed by atoms with Gasteiger partial charge in [0, 0.05) is 23.8 Å². The number of anilines is 1. The smallest absolute Gasteiger partial charge is 0.0447 e. The van der Waals surface area contributed by atoms with Gasteiger partial charge < -0.3 is 4.90 Å². The summed E-state index contributed by atoms with van der Waals surface area (Å²) in [5.41, 5.74) is 3.44. The fourth-order valence-electron chi connectivity index (χ4n) is 1.98. The van der Waals surface area contributed by atoms with Crippen molar-refractivity contribution in [2.24, 2.45) is 0 Å². The van der Waals surface area contributed by atoms with Gasteiger partial charge in [-0.05, 0) is 18.2 Å². The molecule has 67 valence electrons. The van der Waals surface area contributed by atoms with E-state index in [1.165, 1.54) is 11.3 Å². The van der Waals surface area contributed by atoms with Crippen LogP contribution < -0.4 is 4.90 Å². The Morgan fingerprint density at radius 3 is 2.46 bits per heavy atom. The molecule has 0 amide bonds. The van der Waals surface area contributed by atoms with Crippen molar-refractivity contribution in [3.8, 4) is 0 Å². The van der Waals surface area contributed by atoms with E-state index < -0.39 is 0 Å². The van der Waals surface area contributed by atoms with Crippen LogP contribution in [0.25, 0.3) is 0 Å². The zero-order valence-corrected chi connectivity index (χ0v) is 8.33. The zero-order valence-electron chi connectivity index (χ0n) is 8.33. The van der Waals surface area contributed by atoms with Crippen LogP contribution in [0.5, 0.6) is 0 Å². The van der Waals surface area contributed by atoms with E-state index in [9.17, 15) is 0 Å². The van der Waals surface area contributed by atoms with Crippen LogP contribution in [0.3, 0.4) is 0 Å². The first kappa shape index (κ1) is 8.36. The van der Waals surface area contributed by atoms with Gasteiger partial charge in [0.15, 0.2) is 0 Å². The molecule has 1 aliphatic heterocycles. The van der Waals surface area contributed by atoms with Crippen molar-refractivity contribution in [2.75, 3.05) is 11.9 Å². The molecular formula is C12H14N. The summed E-state index contributed by atoms with van der Waals surface area (Å²) in [6, 6.07) is 8.36. The molecule has 0 saturated carbocycles. The summed E-state index contributed by atoms with van der Waals surface area (Å²) in [4.78, 5) is 2.06. The van der Waals surface area contributed by atoms with Crippen molar-refractivity contribution in [3.63, 3.8) is 0 Å². The number of hydrogen-bond acceptors (Lipinski definition) is 1. The Hall–Kier alpha value is -1.24. The molecule has 0 spiro atoms. The maximum absolute atomic E-state index is 6.05. The Labute approximate surface area is 79.7 Å². The van der Waals surface area contributed by atoms with Crippen molar-refractivity contribution < 1.29 is 0 Å². The van der Waals surface area contributed by atoms with E-state index in [1.807, 2.05) is 13.1 Å². The van der Waals surface area contributed by atoms with Gasteiger partial charge >= 0.3 is 0 Å². The molecule has 1 aliphatic rings. The van der Waals surface area contributed by atoms with Crippen LogP contribution in [-0.4, -0.2) is 7.05 Å². The van der Waals surface area contributed by atoms with Crippen LogP contribution in [0.15, 0.2) is 30.0 Å². The average molecular weight is 172 g/mol. The molecular weight excluding hydrogens is 158 g/mol. The summed E-state index contributed by atoms with van der Waals surface area (Å²) in [7, 11) is 2.02. The molecule has 1 heteroatoms. The van der Waals surface area contributed by atoms with E-state index in [2.05, 4.69) is 36.9 Å². The normalized spacial score (nSPS) is 19.0. The van der Waals surface area contributed by atoms with Crippen molar-refractivity contribution in [3.05, 3.63) is 42.1 Å². The number of likely N-dealkylation sites (N-methyl/N-ethyl adjacent to an activating group) is 1. The Bertz CT molecular complexity index is 363. The van der Waals surface area contributed by atoms with Gasteiger partial charge in [0.25, 0.3) is 0 Å². The molecule has 0 saturated heterocycles. The molecule has 0 atom stereocenters. The number of fused-ring (bicyclic) bond motifs is 1. The standard InChI is InChI=1S/C12H14N/c1-9-12(2,3)10-7-5-6-8-11(10)13(9)4/h1,5-8H,2-4H3. The molecule has 2 rings (SSSR count). The lowest BCUT2D eigenvalue weighted by Crippen LogP contribution is -2.21. The maximum atomic E-state index is 6.05. The van der Waals surface area contributed by atoms with Crippen LogP contribution in [-0.2, 0) is 5.41 Å². The SMILES string of the molecule is [CH]=C1N(C)c2ccccc2C1(C)C. The Morgan fingerprint density at radius 2 is 1.85 bits per heavy atom. The molecule has 13 heavy (non-hydrogen) atoms.